The molecule has 0 fully saturated rings. The number of carbonyl (C=O) groups excluding carboxylic acids is 1. The van der Waals surface area contributed by atoms with Gasteiger partial charge in [0.05, 0.1) is 19.2 Å². The topological polar surface area (TPSA) is 55.0 Å². The second kappa shape index (κ2) is 6.18. The fourth-order valence-electron chi connectivity index (χ4n) is 1.05. The van der Waals surface area contributed by atoms with Crippen LogP contribution >= 0.6 is 0 Å². The van der Waals surface area contributed by atoms with Crippen molar-refractivity contribution in [3.63, 3.8) is 0 Å². The second-order valence-corrected chi connectivity index (χ2v) is 2.67. The van der Waals surface area contributed by atoms with E-state index in [1.807, 2.05) is 27.7 Å². The van der Waals surface area contributed by atoms with Crippen LogP contribution in [-0.4, -0.2) is 23.3 Å². The number of ether oxygens (including phenoxy) is 1. The lowest BCUT2D eigenvalue weighted by molar-refractivity contribution is -0.139. The molecule has 0 saturated heterocycles. The van der Waals surface area contributed by atoms with Crippen LogP contribution in [0.5, 0.6) is 0 Å². The standard InChI is InChI=1S/C8H12N2O2.C2H6/c1-5-7(4-8(11)12-3)6(2)10-9-5;1-2/h4H2,1-3H3,(H,9,10);1-2H3. The van der Waals surface area contributed by atoms with E-state index in [-0.39, 0.29) is 5.97 Å². The van der Waals surface area contributed by atoms with Crippen LogP contribution in [0.4, 0.5) is 0 Å². The summed E-state index contributed by atoms with van der Waals surface area (Å²) < 4.78 is 4.55. The Hall–Kier alpha value is -1.32. The summed E-state index contributed by atoms with van der Waals surface area (Å²) in [6, 6.07) is 0. The van der Waals surface area contributed by atoms with Crippen LogP contribution in [0.1, 0.15) is 30.8 Å². The Morgan fingerprint density at radius 2 is 2.00 bits per heavy atom. The molecule has 0 atom stereocenters. The first-order valence-corrected chi connectivity index (χ1v) is 4.72. The Morgan fingerprint density at radius 1 is 1.43 bits per heavy atom. The third kappa shape index (κ3) is 3.20. The highest BCUT2D eigenvalue weighted by Crippen LogP contribution is 2.09. The smallest absolute Gasteiger partial charge is 0.310 e. The molecule has 80 valence electrons. The molecule has 4 nitrogen and oxygen atoms in total. The first-order valence-electron chi connectivity index (χ1n) is 4.72. The minimum Gasteiger partial charge on any atom is -0.469 e. The highest BCUT2D eigenvalue weighted by molar-refractivity contribution is 5.73. The van der Waals surface area contributed by atoms with Crippen molar-refractivity contribution in [2.45, 2.75) is 34.1 Å². The molecule has 0 unspecified atom stereocenters. The van der Waals surface area contributed by atoms with Crippen molar-refractivity contribution in [3.05, 3.63) is 17.0 Å². The lowest BCUT2D eigenvalue weighted by Crippen LogP contribution is -2.05. The van der Waals surface area contributed by atoms with E-state index in [0.717, 1.165) is 17.0 Å². The third-order valence-electron chi connectivity index (χ3n) is 1.83. The summed E-state index contributed by atoms with van der Waals surface area (Å²) in [6.45, 7) is 7.75. The van der Waals surface area contributed by atoms with Crippen molar-refractivity contribution in [1.29, 1.82) is 0 Å². The highest BCUT2D eigenvalue weighted by atomic mass is 16.5. The number of aromatic amines is 1. The van der Waals surface area contributed by atoms with Crippen LogP contribution in [0.15, 0.2) is 0 Å². The first-order chi connectivity index (χ1) is 6.65. The Labute approximate surface area is 84.7 Å². The summed E-state index contributed by atoms with van der Waals surface area (Å²) >= 11 is 0. The molecule has 1 aromatic rings. The van der Waals surface area contributed by atoms with E-state index in [4.69, 9.17) is 0 Å². The van der Waals surface area contributed by atoms with Crippen LogP contribution in [0, 0.1) is 13.8 Å². The van der Waals surface area contributed by atoms with E-state index in [9.17, 15) is 4.79 Å². The quantitative estimate of drug-likeness (QED) is 0.737. The van der Waals surface area contributed by atoms with Gasteiger partial charge in [0.15, 0.2) is 0 Å². The van der Waals surface area contributed by atoms with Gasteiger partial charge in [-0.25, -0.2) is 0 Å². The summed E-state index contributed by atoms with van der Waals surface area (Å²) in [4.78, 5) is 10.9. The Balaban J connectivity index is 0.000000791. The Kier molecular flexibility index (Phi) is 5.60. The number of nitrogens with one attached hydrogen (secondary N) is 1. The zero-order chi connectivity index (χ0) is 11.1. The van der Waals surface area contributed by atoms with Crippen LogP contribution in [0.2, 0.25) is 0 Å². The van der Waals surface area contributed by atoms with Gasteiger partial charge in [-0.3, -0.25) is 9.89 Å². The normalized spacial score (nSPS) is 8.93. The van der Waals surface area contributed by atoms with Gasteiger partial charge in [-0.1, -0.05) is 13.8 Å². The zero-order valence-corrected chi connectivity index (χ0v) is 9.47. The summed E-state index contributed by atoms with van der Waals surface area (Å²) in [5, 5.41) is 6.78. The molecular weight excluding hydrogens is 180 g/mol. The molecule has 0 saturated carbocycles. The Morgan fingerprint density at radius 3 is 2.36 bits per heavy atom. The van der Waals surface area contributed by atoms with Crippen LogP contribution in [-0.2, 0) is 16.0 Å². The number of rotatable bonds is 2. The maximum Gasteiger partial charge on any atom is 0.310 e. The van der Waals surface area contributed by atoms with E-state index in [1.165, 1.54) is 7.11 Å². The molecule has 0 aliphatic heterocycles. The summed E-state index contributed by atoms with van der Waals surface area (Å²) in [7, 11) is 1.38. The molecule has 0 spiro atoms. The van der Waals surface area contributed by atoms with Gasteiger partial charge in [0, 0.05) is 11.3 Å². The number of H-pyrrole nitrogens is 1. The molecule has 0 aliphatic carbocycles. The predicted octanol–water partition coefficient (Wildman–Crippen LogP) is 1.77. The first kappa shape index (κ1) is 12.7. The van der Waals surface area contributed by atoms with Gasteiger partial charge in [0.25, 0.3) is 0 Å². The van der Waals surface area contributed by atoms with Crippen LogP contribution in [0.25, 0.3) is 0 Å². The molecule has 0 bridgehead atoms. The highest BCUT2D eigenvalue weighted by Gasteiger charge is 2.10. The van der Waals surface area contributed by atoms with Crippen molar-refractivity contribution in [1.82, 2.24) is 10.2 Å². The summed E-state index contributed by atoms with van der Waals surface area (Å²) in [5.41, 5.74) is 2.72. The lowest BCUT2D eigenvalue weighted by atomic mass is 10.1. The fraction of sp³-hybridized carbons (Fsp3) is 0.600. The molecule has 1 aromatic heterocycles. The van der Waals surface area contributed by atoms with Gasteiger partial charge in [-0.05, 0) is 13.8 Å². The average molecular weight is 198 g/mol. The monoisotopic (exact) mass is 198 g/mol. The van der Waals surface area contributed by atoms with Crippen molar-refractivity contribution in [2.24, 2.45) is 0 Å². The molecular formula is C10H18N2O2. The van der Waals surface area contributed by atoms with E-state index in [0.29, 0.717) is 6.42 Å². The van der Waals surface area contributed by atoms with Gasteiger partial charge >= 0.3 is 5.97 Å². The molecule has 0 radical (unpaired) electrons. The van der Waals surface area contributed by atoms with Gasteiger partial charge < -0.3 is 4.74 Å². The van der Waals surface area contributed by atoms with Gasteiger partial charge in [0.2, 0.25) is 0 Å². The lowest BCUT2D eigenvalue weighted by Gasteiger charge is -1.98. The number of esters is 1. The maximum absolute atomic E-state index is 10.9. The molecule has 0 aromatic carbocycles. The average Bonchev–Trinajstić information content (AvgIpc) is 2.52. The van der Waals surface area contributed by atoms with E-state index < -0.39 is 0 Å². The van der Waals surface area contributed by atoms with Gasteiger partial charge in [0.1, 0.15) is 0 Å². The molecule has 1 N–H and O–H groups in total. The predicted molar refractivity (Wildman–Crippen MR) is 55.1 cm³/mol. The number of nitrogens with zero attached hydrogens (tertiary/aromatic N) is 1. The minimum absolute atomic E-state index is 0.234. The summed E-state index contributed by atoms with van der Waals surface area (Å²) in [6.07, 6.45) is 0.296. The van der Waals surface area contributed by atoms with Crippen molar-refractivity contribution >= 4 is 5.97 Å². The molecule has 0 amide bonds. The molecule has 1 rings (SSSR count). The van der Waals surface area contributed by atoms with Crippen molar-refractivity contribution in [3.8, 4) is 0 Å². The van der Waals surface area contributed by atoms with Gasteiger partial charge in [-0.2, -0.15) is 5.10 Å². The van der Waals surface area contributed by atoms with E-state index in [2.05, 4.69) is 14.9 Å². The van der Waals surface area contributed by atoms with E-state index >= 15 is 0 Å². The number of aromatic nitrogens is 2. The van der Waals surface area contributed by atoms with Crippen LogP contribution in [0.3, 0.4) is 0 Å². The fourth-order valence-corrected chi connectivity index (χ4v) is 1.05. The maximum atomic E-state index is 10.9. The van der Waals surface area contributed by atoms with Crippen LogP contribution < -0.4 is 0 Å². The van der Waals surface area contributed by atoms with E-state index in [1.54, 1.807) is 0 Å². The van der Waals surface area contributed by atoms with Crippen molar-refractivity contribution < 1.29 is 9.53 Å². The Bertz CT molecular complexity index is 273. The number of hydrogen-bond acceptors (Lipinski definition) is 3. The number of aryl methyl sites for hydroxylation is 2. The molecule has 0 aliphatic rings. The molecule has 1 heterocycles. The van der Waals surface area contributed by atoms with Gasteiger partial charge in [-0.15, -0.1) is 0 Å². The zero-order valence-electron chi connectivity index (χ0n) is 9.47. The molecule has 14 heavy (non-hydrogen) atoms. The SMILES string of the molecule is CC.COC(=O)Cc1c(C)n[nH]c1C. The second-order valence-electron chi connectivity index (χ2n) is 2.67. The number of carbonyl (C=O) groups is 1. The summed E-state index contributed by atoms with van der Waals surface area (Å²) in [5.74, 6) is -0.234. The third-order valence-corrected chi connectivity index (χ3v) is 1.83. The minimum atomic E-state index is -0.234. The largest absolute Gasteiger partial charge is 0.469 e. The number of methoxy groups -OCH3 is 1. The molecule has 4 heteroatoms. The van der Waals surface area contributed by atoms with Crippen molar-refractivity contribution in [2.75, 3.05) is 7.11 Å². The number of hydrogen-bond donors (Lipinski definition) is 1.